The van der Waals surface area contributed by atoms with E-state index in [1.165, 1.54) is 13.1 Å². The van der Waals surface area contributed by atoms with E-state index < -0.39 is 24.0 Å². The third-order valence-corrected chi connectivity index (χ3v) is 3.54. The van der Waals surface area contributed by atoms with Crippen LogP contribution in [0.2, 0.25) is 0 Å². The molecule has 1 atom stereocenters. The van der Waals surface area contributed by atoms with Crippen LogP contribution in [-0.2, 0) is 14.3 Å². The van der Waals surface area contributed by atoms with Gasteiger partial charge in [0.1, 0.15) is 5.75 Å². The van der Waals surface area contributed by atoms with Gasteiger partial charge in [0.2, 0.25) is 6.10 Å². The van der Waals surface area contributed by atoms with Crippen LogP contribution in [0.25, 0.3) is 6.08 Å². The van der Waals surface area contributed by atoms with E-state index in [1.54, 1.807) is 67.8 Å². The number of rotatable bonds is 6. The molecule has 140 valence electrons. The Balaban J connectivity index is 2.13. The molecular formula is C20H20N2O5. The second-order valence-electron chi connectivity index (χ2n) is 5.41. The minimum Gasteiger partial charge on any atom is -0.497 e. The van der Waals surface area contributed by atoms with Gasteiger partial charge in [-0.05, 0) is 23.8 Å². The normalized spacial score (nSPS) is 11.5. The first-order valence-electron chi connectivity index (χ1n) is 8.13. The Bertz CT molecular complexity index is 833. The van der Waals surface area contributed by atoms with Crippen LogP contribution >= 0.6 is 0 Å². The summed E-state index contributed by atoms with van der Waals surface area (Å²) in [6, 6.07) is 14.9. The predicted molar refractivity (Wildman–Crippen MR) is 99.9 cm³/mol. The smallest absolute Gasteiger partial charge is 0.331 e. The summed E-state index contributed by atoms with van der Waals surface area (Å²) in [6.45, 7) is 0. The Morgan fingerprint density at radius 3 is 2.44 bits per heavy atom. The predicted octanol–water partition coefficient (Wildman–Crippen LogP) is 2.45. The van der Waals surface area contributed by atoms with Crippen molar-refractivity contribution >= 4 is 24.0 Å². The molecule has 0 aliphatic carbocycles. The van der Waals surface area contributed by atoms with Crippen molar-refractivity contribution in [1.82, 2.24) is 10.6 Å². The van der Waals surface area contributed by atoms with Gasteiger partial charge in [-0.15, -0.1) is 0 Å². The molecular weight excluding hydrogens is 348 g/mol. The highest BCUT2D eigenvalue weighted by Gasteiger charge is 2.25. The maximum Gasteiger partial charge on any atom is 0.331 e. The maximum atomic E-state index is 12.3. The van der Waals surface area contributed by atoms with Crippen molar-refractivity contribution in [2.75, 3.05) is 14.2 Å². The SMILES string of the molecule is CNC(=O)NC(=O)[C@@H](OC(=O)/C=C/c1cccc(OC)c1)c1ccccc1. The fourth-order valence-electron chi connectivity index (χ4n) is 2.21. The Labute approximate surface area is 157 Å². The monoisotopic (exact) mass is 368 g/mol. The standard InChI is InChI=1S/C20H20N2O5/c1-21-20(25)22-19(24)18(15-8-4-3-5-9-15)27-17(23)12-11-14-7-6-10-16(13-14)26-2/h3-13,18H,1-2H3,(H2,21,22,24,25)/b12-11+/t18-/m0/s1. The van der Waals surface area contributed by atoms with Crippen molar-refractivity contribution in [3.63, 3.8) is 0 Å². The lowest BCUT2D eigenvalue weighted by atomic mass is 10.1. The quantitative estimate of drug-likeness (QED) is 0.603. The van der Waals surface area contributed by atoms with Crippen molar-refractivity contribution in [2.45, 2.75) is 6.10 Å². The largest absolute Gasteiger partial charge is 0.497 e. The molecule has 0 spiro atoms. The molecule has 0 radical (unpaired) electrons. The van der Waals surface area contributed by atoms with Gasteiger partial charge in [0.15, 0.2) is 0 Å². The van der Waals surface area contributed by atoms with Gasteiger partial charge in [0.05, 0.1) is 7.11 Å². The molecule has 0 bridgehead atoms. The molecule has 0 saturated heterocycles. The molecule has 0 aliphatic heterocycles. The second kappa shape index (κ2) is 9.76. The van der Waals surface area contributed by atoms with Gasteiger partial charge >= 0.3 is 12.0 Å². The summed E-state index contributed by atoms with van der Waals surface area (Å²) in [5.74, 6) is -0.819. The molecule has 3 amide bonds. The molecule has 2 aromatic carbocycles. The van der Waals surface area contributed by atoms with E-state index in [9.17, 15) is 14.4 Å². The van der Waals surface area contributed by atoms with E-state index in [4.69, 9.17) is 9.47 Å². The van der Waals surface area contributed by atoms with E-state index in [0.29, 0.717) is 11.3 Å². The van der Waals surface area contributed by atoms with Crippen molar-refractivity contribution < 1.29 is 23.9 Å². The summed E-state index contributed by atoms with van der Waals surface area (Å²) in [6.07, 6.45) is 1.49. The first-order valence-corrected chi connectivity index (χ1v) is 8.13. The van der Waals surface area contributed by atoms with E-state index in [0.717, 1.165) is 5.56 Å². The van der Waals surface area contributed by atoms with E-state index in [1.807, 2.05) is 0 Å². The van der Waals surface area contributed by atoms with Gasteiger partial charge in [0, 0.05) is 18.7 Å². The van der Waals surface area contributed by atoms with Gasteiger partial charge in [-0.3, -0.25) is 10.1 Å². The zero-order chi connectivity index (χ0) is 19.6. The van der Waals surface area contributed by atoms with Crippen LogP contribution in [0, 0.1) is 0 Å². The van der Waals surface area contributed by atoms with Gasteiger partial charge in [-0.25, -0.2) is 9.59 Å². The van der Waals surface area contributed by atoms with E-state index in [2.05, 4.69) is 10.6 Å². The lowest BCUT2D eigenvalue weighted by Gasteiger charge is -2.16. The number of carbonyl (C=O) groups is 3. The zero-order valence-electron chi connectivity index (χ0n) is 15.0. The Morgan fingerprint density at radius 1 is 1.04 bits per heavy atom. The molecule has 0 saturated carbocycles. The summed E-state index contributed by atoms with van der Waals surface area (Å²) >= 11 is 0. The minimum absolute atomic E-state index is 0.446. The summed E-state index contributed by atoms with van der Waals surface area (Å²) in [5, 5.41) is 4.39. The molecule has 7 nitrogen and oxygen atoms in total. The third kappa shape index (κ3) is 6.00. The molecule has 0 heterocycles. The molecule has 0 aromatic heterocycles. The van der Waals surface area contributed by atoms with Crippen LogP contribution in [-0.4, -0.2) is 32.1 Å². The average molecular weight is 368 g/mol. The highest BCUT2D eigenvalue weighted by molar-refractivity contribution is 5.98. The van der Waals surface area contributed by atoms with Crippen molar-refractivity contribution in [3.05, 3.63) is 71.8 Å². The van der Waals surface area contributed by atoms with Gasteiger partial charge in [0.25, 0.3) is 5.91 Å². The number of esters is 1. The number of urea groups is 1. The lowest BCUT2D eigenvalue weighted by molar-refractivity contribution is -0.151. The first kappa shape index (κ1) is 19.7. The number of methoxy groups -OCH3 is 1. The van der Waals surface area contributed by atoms with Crippen LogP contribution in [0.4, 0.5) is 4.79 Å². The second-order valence-corrected chi connectivity index (χ2v) is 5.41. The number of ether oxygens (including phenoxy) is 2. The lowest BCUT2D eigenvalue weighted by Crippen LogP contribution is -2.41. The summed E-state index contributed by atoms with van der Waals surface area (Å²) < 4.78 is 10.4. The van der Waals surface area contributed by atoms with Crippen molar-refractivity contribution in [1.29, 1.82) is 0 Å². The fourth-order valence-corrected chi connectivity index (χ4v) is 2.21. The number of amides is 3. The number of nitrogens with one attached hydrogen (secondary N) is 2. The van der Waals surface area contributed by atoms with Gasteiger partial charge < -0.3 is 14.8 Å². The first-order chi connectivity index (χ1) is 13.0. The highest BCUT2D eigenvalue weighted by Crippen LogP contribution is 2.19. The number of hydrogen-bond donors (Lipinski definition) is 2. The van der Waals surface area contributed by atoms with Gasteiger partial charge in [-0.2, -0.15) is 0 Å². The molecule has 0 aliphatic rings. The van der Waals surface area contributed by atoms with Crippen LogP contribution in [0.15, 0.2) is 60.7 Å². The molecule has 2 N–H and O–H groups in total. The molecule has 27 heavy (non-hydrogen) atoms. The van der Waals surface area contributed by atoms with Crippen molar-refractivity contribution in [3.8, 4) is 5.75 Å². The van der Waals surface area contributed by atoms with Crippen LogP contribution in [0.1, 0.15) is 17.2 Å². The summed E-state index contributed by atoms with van der Waals surface area (Å²) in [7, 11) is 2.93. The van der Waals surface area contributed by atoms with E-state index >= 15 is 0 Å². The Kier molecular flexibility index (Phi) is 7.13. The van der Waals surface area contributed by atoms with Crippen LogP contribution in [0.3, 0.4) is 0 Å². The number of carbonyl (C=O) groups excluding carboxylic acids is 3. The van der Waals surface area contributed by atoms with Crippen LogP contribution in [0.5, 0.6) is 5.75 Å². The minimum atomic E-state index is -1.26. The zero-order valence-corrected chi connectivity index (χ0v) is 15.0. The number of imide groups is 1. The maximum absolute atomic E-state index is 12.3. The number of hydrogen-bond acceptors (Lipinski definition) is 5. The summed E-state index contributed by atoms with van der Waals surface area (Å²) in [5.41, 5.74) is 1.18. The average Bonchev–Trinajstić information content (AvgIpc) is 2.71. The van der Waals surface area contributed by atoms with Crippen LogP contribution < -0.4 is 15.4 Å². The molecule has 0 unspecified atom stereocenters. The third-order valence-electron chi connectivity index (χ3n) is 3.54. The fraction of sp³-hybridized carbons (Fsp3) is 0.150. The van der Waals surface area contributed by atoms with Crippen molar-refractivity contribution in [2.24, 2.45) is 0 Å². The molecule has 2 rings (SSSR count). The molecule has 0 fully saturated rings. The topological polar surface area (TPSA) is 93.7 Å². The van der Waals surface area contributed by atoms with Gasteiger partial charge in [-0.1, -0.05) is 42.5 Å². The highest BCUT2D eigenvalue weighted by atomic mass is 16.5. The molecule has 2 aromatic rings. The van der Waals surface area contributed by atoms with E-state index in [-0.39, 0.29) is 0 Å². The Hall–Kier alpha value is -3.61. The number of benzene rings is 2. The Morgan fingerprint density at radius 2 is 1.78 bits per heavy atom. The molecule has 7 heteroatoms. The summed E-state index contributed by atoms with van der Waals surface area (Å²) in [4.78, 5) is 35.9.